The van der Waals surface area contributed by atoms with Crippen LogP contribution in [0, 0.1) is 0 Å². The van der Waals surface area contributed by atoms with Crippen molar-refractivity contribution in [1.82, 2.24) is 10.3 Å². The van der Waals surface area contributed by atoms with Gasteiger partial charge in [-0.25, -0.2) is 0 Å². The number of hydrogen-bond acceptors (Lipinski definition) is 3. The highest BCUT2D eigenvalue weighted by atomic mass is 32.2. The van der Waals surface area contributed by atoms with Gasteiger partial charge in [-0.2, -0.15) is 11.8 Å². The van der Waals surface area contributed by atoms with Crippen LogP contribution in [0.2, 0.25) is 0 Å². The highest BCUT2D eigenvalue weighted by molar-refractivity contribution is 8.00. The van der Waals surface area contributed by atoms with E-state index in [-0.39, 0.29) is 0 Å². The Bertz CT molecular complexity index is 564. The molecule has 0 amide bonds. The van der Waals surface area contributed by atoms with Crippen molar-refractivity contribution in [2.75, 3.05) is 12.3 Å². The van der Waals surface area contributed by atoms with E-state index in [1.54, 1.807) is 0 Å². The van der Waals surface area contributed by atoms with Crippen LogP contribution in [0.15, 0.2) is 36.4 Å². The number of benzene rings is 1. The number of para-hydroxylation sites is 1. The van der Waals surface area contributed by atoms with Crippen molar-refractivity contribution < 1.29 is 0 Å². The quantitative estimate of drug-likeness (QED) is 0.908. The number of aromatic nitrogens is 1. The van der Waals surface area contributed by atoms with Crippen LogP contribution in [-0.2, 0) is 6.42 Å². The molecule has 2 nitrogen and oxygen atoms in total. The van der Waals surface area contributed by atoms with E-state index in [2.05, 4.69) is 60.4 Å². The lowest BCUT2D eigenvalue weighted by Crippen LogP contribution is -2.39. The molecule has 0 aliphatic carbocycles. The number of fused-ring (bicyclic) bond motifs is 1. The maximum atomic E-state index is 4.82. The highest BCUT2D eigenvalue weighted by Crippen LogP contribution is 2.30. The Labute approximate surface area is 125 Å². The molecular formula is C17H22N2S. The fraction of sp³-hybridized carbons (Fsp3) is 0.471. The zero-order valence-corrected chi connectivity index (χ0v) is 12.8. The highest BCUT2D eigenvalue weighted by Gasteiger charge is 2.25. The predicted molar refractivity (Wildman–Crippen MR) is 88.4 cm³/mol. The van der Waals surface area contributed by atoms with Gasteiger partial charge < -0.3 is 5.32 Å². The third-order valence-electron chi connectivity index (χ3n) is 3.97. The fourth-order valence-corrected chi connectivity index (χ4v) is 4.36. The van der Waals surface area contributed by atoms with E-state index >= 15 is 0 Å². The van der Waals surface area contributed by atoms with Crippen LogP contribution in [0.1, 0.15) is 25.5 Å². The van der Waals surface area contributed by atoms with Gasteiger partial charge in [0, 0.05) is 28.8 Å². The lowest BCUT2D eigenvalue weighted by atomic mass is 10.0. The first-order valence-electron chi connectivity index (χ1n) is 7.56. The van der Waals surface area contributed by atoms with Crippen LogP contribution in [0.25, 0.3) is 10.9 Å². The molecule has 1 aliphatic rings. The molecule has 1 fully saturated rings. The molecule has 106 valence electrons. The van der Waals surface area contributed by atoms with Crippen molar-refractivity contribution in [3.05, 3.63) is 42.1 Å². The Morgan fingerprint density at radius 1 is 1.30 bits per heavy atom. The van der Waals surface area contributed by atoms with E-state index in [0.717, 1.165) is 23.7 Å². The standard InChI is InChI=1S/C17H22N2S/c1-2-18-16(17-8-5-11-20-17)12-14-10-9-13-6-3-4-7-15(13)19-14/h3-4,6-7,9-10,16-18H,2,5,8,11-12H2,1H3. The second-order valence-corrected chi connectivity index (χ2v) is 6.76. The van der Waals surface area contributed by atoms with Crippen LogP contribution in [-0.4, -0.2) is 28.6 Å². The van der Waals surface area contributed by atoms with Crippen molar-refractivity contribution >= 4 is 22.7 Å². The van der Waals surface area contributed by atoms with Gasteiger partial charge in [-0.3, -0.25) is 4.98 Å². The van der Waals surface area contributed by atoms with Crippen LogP contribution in [0.3, 0.4) is 0 Å². The van der Waals surface area contributed by atoms with E-state index in [1.807, 2.05) is 0 Å². The minimum absolute atomic E-state index is 0.557. The molecule has 3 heteroatoms. The summed E-state index contributed by atoms with van der Waals surface area (Å²) in [7, 11) is 0. The molecule has 2 atom stereocenters. The van der Waals surface area contributed by atoms with Gasteiger partial charge in [0.15, 0.2) is 0 Å². The third kappa shape index (κ3) is 3.15. The monoisotopic (exact) mass is 286 g/mol. The van der Waals surface area contributed by atoms with E-state index in [9.17, 15) is 0 Å². The molecule has 3 rings (SSSR count). The summed E-state index contributed by atoms with van der Waals surface area (Å²) >= 11 is 2.12. The largest absolute Gasteiger partial charge is 0.313 e. The van der Waals surface area contributed by atoms with Gasteiger partial charge in [0.05, 0.1) is 5.52 Å². The molecular weight excluding hydrogens is 264 g/mol. The Hall–Kier alpha value is -1.06. The molecule has 0 saturated carbocycles. The van der Waals surface area contributed by atoms with Gasteiger partial charge in [0.1, 0.15) is 0 Å². The first kappa shape index (κ1) is 13.9. The third-order valence-corrected chi connectivity index (χ3v) is 5.48. The van der Waals surface area contributed by atoms with Crippen molar-refractivity contribution in [2.24, 2.45) is 0 Å². The molecule has 1 aliphatic heterocycles. The molecule has 0 bridgehead atoms. The molecule has 0 radical (unpaired) electrons. The van der Waals surface area contributed by atoms with Gasteiger partial charge in [0.2, 0.25) is 0 Å². The van der Waals surface area contributed by atoms with E-state index in [4.69, 9.17) is 4.98 Å². The van der Waals surface area contributed by atoms with Crippen LogP contribution in [0.5, 0.6) is 0 Å². The number of hydrogen-bond donors (Lipinski definition) is 1. The normalized spacial score (nSPS) is 20.4. The van der Waals surface area contributed by atoms with E-state index < -0.39 is 0 Å². The second-order valence-electron chi connectivity index (χ2n) is 5.42. The number of pyridine rings is 1. The van der Waals surface area contributed by atoms with Gasteiger partial charge >= 0.3 is 0 Å². The topological polar surface area (TPSA) is 24.9 Å². The van der Waals surface area contributed by atoms with Crippen molar-refractivity contribution in [3.63, 3.8) is 0 Å². The lowest BCUT2D eigenvalue weighted by molar-refractivity contribution is 0.492. The number of nitrogens with one attached hydrogen (secondary N) is 1. The Balaban J connectivity index is 1.78. The average molecular weight is 286 g/mol. The number of likely N-dealkylation sites (N-methyl/N-ethyl adjacent to an activating group) is 1. The predicted octanol–water partition coefficient (Wildman–Crippen LogP) is 3.65. The number of nitrogens with zero attached hydrogens (tertiary/aromatic N) is 1. The maximum Gasteiger partial charge on any atom is 0.0705 e. The van der Waals surface area contributed by atoms with E-state index in [1.165, 1.54) is 29.7 Å². The minimum atomic E-state index is 0.557. The first-order valence-corrected chi connectivity index (χ1v) is 8.61. The van der Waals surface area contributed by atoms with Crippen molar-refractivity contribution in [1.29, 1.82) is 0 Å². The fourth-order valence-electron chi connectivity index (χ4n) is 2.96. The Kier molecular flexibility index (Phi) is 4.58. The lowest BCUT2D eigenvalue weighted by Gasteiger charge is -2.23. The summed E-state index contributed by atoms with van der Waals surface area (Å²) in [5, 5.41) is 5.64. The molecule has 2 unspecified atom stereocenters. The zero-order valence-electron chi connectivity index (χ0n) is 12.0. The summed E-state index contributed by atoms with van der Waals surface area (Å²) in [5.41, 5.74) is 2.32. The van der Waals surface area contributed by atoms with Crippen molar-refractivity contribution in [3.8, 4) is 0 Å². The number of thioether (sulfide) groups is 1. The minimum Gasteiger partial charge on any atom is -0.313 e. The van der Waals surface area contributed by atoms with Gasteiger partial charge in [-0.15, -0.1) is 0 Å². The zero-order chi connectivity index (χ0) is 13.8. The molecule has 1 N–H and O–H groups in total. The average Bonchev–Trinajstić information content (AvgIpc) is 3.01. The Morgan fingerprint density at radius 2 is 2.20 bits per heavy atom. The Morgan fingerprint density at radius 3 is 3.00 bits per heavy atom. The van der Waals surface area contributed by atoms with Crippen LogP contribution >= 0.6 is 11.8 Å². The molecule has 1 aromatic carbocycles. The van der Waals surface area contributed by atoms with Crippen molar-refractivity contribution in [2.45, 2.75) is 37.5 Å². The smallest absolute Gasteiger partial charge is 0.0705 e. The maximum absolute atomic E-state index is 4.82. The summed E-state index contributed by atoms with van der Waals surface area (Å²) in [4.78, 5) is 4.82. The number of rotatable bonds is 5. The molecule has 1 aromatic heterocycles. The van der Waals surface area contributed by atoms with Crippen LogP contribution in [0.4, 0.5) is 0 Å². The van der Waals surface area contributed by atoms with Gasteiger partial charge in [-0.05, 0) is 37.3 Å². The first-order chi connectivity index (χ1) is 9.86. The van der Waals surface area contributed by atoms with Gasteiger partial charge in [0.25, 0.3) is 0 Å². The van der Waals surface area contributed by atoms with E-state index in [0.29, 0.717) is 6.04 Å². The molecule has 2 aromatic rings. The van der Waals surface area contributed by atoms with Crippen LogP contribution < -0.4 is 5.32 Å². The molecule has 2 heterocycles. The summed E-state index contributed by atoms with van der Waals surface area (Å²) in [6, 6.07) is 13.3. The molecule has 1 saturated heterocycles. The van der Waals surface area contributed by atoms with Gasteiger partial charge in [-0.1, -0.05) is 31.2 Å². The summed E-state index contributed by atoms with van der Waals surface area (Å²) in [5.74, 6) is 1.32. The molecule has 0 spiro atoms. The molecule has 20 heavy (non-hydrogen) atoms. The SMILES string of the molecule is CCNC(Cc1ccc2ccccc2n1)C1CCCS1. The summed E-state index contributed by atoms with van der Waals surface area (Å²) in [6.45, 7) is 3.23. The summed E-state index contributed by atoms with van der Waals surface area (Å²) in [6.07, 6.45) is 3.74. The summed E-state index contributed by atoms with van der Waals surface area (Å²) < 4.78 is 0. The second kappa shape index (κ2) is 6.59.